The fraction of sp³-hybridized carbons (Fsp3) is 0.429. The van der Waals surface area contributed by atoms with E-state index in [9.17, 15) is 0 Å². The summed E-state index contributed by atoms with van der Waals surface area (Å²) < 4.78 is 0. The second-order valence-corrected chi connectivity index (χ2v) is 0.727. The Balaban J connectivity index is -0.00000000475. The quantitative estimate of drug-likeness (QED) is 0.192. The molecule has 0 spiro atoms. The van der Waals surface area contributed by atoms with Crippen LogP contribution < -0.4 is 66.9 Å². The molecule has 0 fully saturated rings. The van der Waals surface area contributed by atoms with E-state index in [0.717, 1.165) is 0 Å². The molecule has 15 heteroatoms. The van der Waals surface area contributed by atoms with Crippen LogP contribution in [0.5, 0.6) is 0 Å². The summed E-state index contributed by atoms with van der Waals surface area (Å²) in [6.45, 7) is -0.250. The first-order valence-electron chi connectivity index (χ1n) is 3.31. The molecular weight excluding hydrogens is 393 g/mol. The summed E-state index contributed by atoms with van der Waals surface area (Å²) >= 11 is 2.50. The Hall–Kier alpha value is 2.38. The molecule has 0 radical (unpaired) electrons. The van der Waals surface area contributed by atoms with Gasteiger partial charge in [0.1, 0.15) is 0 Å². The van der Waals surface area contributed by atoms with Gasteiger partial charge in [0.2, 0.25) is 0 Å². The van der Waals surface area contributed by atoms with E-state index in [4.69, 9.17) is 44.7 Å². The average Bonchev–Trinajstić information content (AvgIpc) is 2.32. The number of hydrogen-bond donors (Lipinski definition) is 1. The molecule has 0 amide bonds. The van der Waals surface area contributed by atoms with Crippen molar-refractivity contribution in [2.75, 3.05) is 0 Å². The van der Waals surface area contributed by atoms with Crippen LogP contribution in [0.1, 0.15) is 29.4 Å². The van der Waals surface area contributed by atoms with Crippen LogP contribution in [0.15, 0.2) is 0 Å². The molecule has 22 heavy (non-hydrogen) atoms. The summed E-state index contributed by atoms with van der Waals surface area (Å²) in [6, 6.07) is 0. The van der Waals surface area contributed by atoms with Gasteiger partial charge in [-0.05, 0) is 6.16 Å². The first-order chi connectivity index (χ1) is 7.97. The van der Waals surface area contributed by atoms with Crippen LogP contribution >= 0.6 is 0 Å². The first kappa shape index (κ1) is 64.4. The Morgan fingerprint density at radius 3 is 1.27 bits per heavy atom. The van der Waals surface area contributed by atoms with Crippen molar-refractivity contribution in [2.24, 2.45) is 0 Å². The minimum absolute atomic E-state index is 0. The van der Waals surface area contributed by atoms with E-state index in [1.54, 1.807) is 0 Å². The average molecular weight is 417 g/mol. The predicted molar refractivity (Wildman–Crippen MR) is 69.2 cm³/mol. The van der Waals surface area contributed by atoms with Crippen molar-refractivity contribution in [3.8, 4) is 0 Å². The second-order valence-electron chi connectivity index (χ2n) is 0.727. The molecule has 0 bridgehead atoms. The van der Waals surface area contributed by atoms with Crippen molar-refractivity contribution in [1.82, 2.24) is 0 Å². The molecule has 12 nitrogen and oxygen atoms in total. The zero-order valence-corrected chi connectivity index (χ0v) is 19.6. The van der Waals surface area contributed by atoms with E-state index in [-0.39, 0.29) is 105 Å². The van der Waals surface area contributed by atoms with E-state index in [0.29, 0.717) is 0 Å². The zero-order chi connectivity index (χ0) is 15.1. The van der Waals surface area contributed by atoms with Gasteiger partial charge in [-0.25, -0.2) is 5.26 Å². The Bertz CT molecular complexity index is 192. The van der Waals surface area contributed by atoms with Gasteiger partial charge in [-0.2, -0.15) is 9.59 Å². The van der Waals surface area contributed by atoms with Crippen molar-refractivity contribution in [3.05, 3.63) is 0 Å². The molecule has 0 rings (SSSR count). The van der Waals surface area contributed by atoms with Crippen molar-refractivity contribution in [2.45, 2.75) is 22.3 Å². The Morgan fingerprint density at radius 1 is 1.18 bits per heavy atom. The van der Waals surface area contributed by atoms with Crippen molar-refractivity contribution >= 4 is 88.4 Å². The molecule has 0 aromatic carbocycles. The third-order valence-corrected chi connectivity index (χ3v) is 0.0823. The van der Waals surface area contributed by atoms with Gasteiger partial charge in [-0.3, -0.25) is 9.59 Å². The molecule has 0 aliphatic carbocycles. The summed E-state index contributed by atoms with van der Waals surface area (Å²) in [7, 11) is 0. The summed E-state index contributed by atoms with van der Waals surface area (Å²) in [5.41, 5.74) is 0. The van der Waals surface area contributed by atoms with E-state index in [1.165, 1.54) is 63.2 Å². The molecule has 0 aromatic rings. The SMILES string of the molecule is C.C.C.O.O=C([O-])[O-].O=C=O.O=COO.O=CO[O-].[H+].[H+].[H+].[H-].[HH].[K+].[K][K]. The number of carbonyl (C=O) groups excluding carboxylic acids is 5. The van der Waals surface area contributed by atoms with Crippen LogP contribution in [0, 0.1) is 0 Å². The van der Waals surface area contributed by atoms with E-state index >= 15 is 0 Å². The minimum atomic E-state index is -2.33. The zero-order valence-electron chi connectivity index (χ0n) is 14.2. The van der Waals surface area contributed by atoms with Crippen LogP contribution in [0.2, 0.25) is 0 Å². The molecule has 0 heterocycles. The molecular formula is C7H23K3O12. The predicted octanol–water partition coefficient (Wildman–Crippen LogP) is -6.94. The molecule has 3 N–H and O–H groups in total. The Labute approximate surface area is 223 Å². The molecule has 126 valence electrons. The van der Waals surface area contributed by atoms with Gasteiger partial charge in [0.15, 0.2) is 0 Å². The Kier molecular flexibility index (Phi) is 318. The van der Waals surface area contributed by atoms with Crippen LogP contribution in [0.3, 0.4) is 0 Å². The standard InChI is InChI=1S/3CH2O3.CO2.3CH4.3K.H2O.H2.H/c2*2-1-4-3;2-1(3)4;2-1-3;;;;;;;;;/h2*1,3H;(H2,2,3,4);;3*1H4;;;;1H2;1H;/q;;;;;;;;;+1;;;-1. The second kappa shape index (κ2) is 109. The third-order valence-electron chi connectivity index (χ3n) is 0.0823. The van der Waals surface area contributed by atoms with Crippen molar-refractivity contribution in [3.63, 3.8) is 0 Å². The fourth-order valence-electron chi connectivity index (χ4n) is 0. The topological polar surface area (TPSA) is 225 Å². The number of carboxylic acid groups (broad SMARTS) is 2. The van der Waals surface area contributed by atoms with Crippen LogP contribution in [-0.4, -0.2) is 99.1 Å². The Morgan fingerprint density at radius 2 is 1.27 bits per heavy atom. The van der Waals surface area contributed by atoms with Crippen LogP contribution in [-0.2, 0) is 29.0 Å². The fourth-order valence-corrected chi connectivity index (χ4v) is 0. The molecule has 0 unspecified atom stereocenters. The summed E-state index contributed by atoms with van der Waals surface area (Å²) in [5.74, 6) is 0. The van der Waals surface area contributed by atoms with E-state index < -0.39 is 6.16 Å². The van der Waals surface area contributed by atoms with Gasteiger partial charge in [0.05, 0.1) is 0 Å². The molecule has 0 aliphatic rings. The van der Waals surface area contributed by atoms with E-state index in [1.807, 2.05) is 0 Å². The normalized spacial score (nSPS) is 3.73. The number of carbonyl (C=O) groups is 3. The third kappa shape index (κ3) is 533. The van der Waals surface area contributed by atoms with Gasteiger partial charge < -0.3 is 36.9 Å². The van der Waals surface area contributed by atoms with E-state index in [2.05, 4.69) is 9.78 Å². The molecule has 0 atom stereocenters. The number of rotatable bonds is 2. The maximum absolute atomic E-state index is 8.70. The molecule has 0 aromatic heterocycles. The summed E-state index contributed by atoms with van der Waals surface area (Å²) in [5, 5.41) is 32.1. The van der Waals surface area contributed by atoms with Crippen LogP contribution in [0.25, 0.3) is 0 Å². The maximum atomic E-state index is 8.70. The van der Waals surface area contributed by atoms with Gasteiger partial charge in [-0.1, -0.05) is 22.3 Å². The monoisotopic (exact) mass is 416 g/mol. The molecule has 0 aliphatic heterocycles. The van der Waals surface area contributed by atoms with Crippen molar-refractivity contribution in [1.29, 1.82) is 0 Å². The summed E-state index contributed by atoms with van der Waals surface area (Å²) in [4.78, 5) is 47.4. The van der Waals surface area contributed by atoms with Crippen LogP contribution in [0.4, 0.5) is 4.79 Å². The number of hydrogen-bond acceptors (Lipinski definition) is 11. The molecule has 0 saturated carbocycles. The van der Waals surface area contributed by atoms with Gasteiger partial charge in [-0.15, -0.1) is 0 Å². The van der Waals surface area contributed by atoms with Gasteiger partial charge in [0.25, 0.3) is 6.47 Å². The first-order valence-corrected chi connectivity index (χ1v) is 19.3. The summed E-state index contributed by atoms with van der Waals surface area (Å²) in [6.07, 6.45) is -2.08. The van der Waals surface area contributed by atoms with Crippen molar-refractivity contribution < 1.29 is 118 Å². The van der Waals surface area contributed by atoms with Gasteiger partial charge in [0, 0.05) is 1.43 Å². The van der Waals surface area contributed by atoms with Gasteiger partial charge >= 0.3 is 131 Å². The molecule has 0 saturated heterocycles.